The number of β-amino-alcohol motifs (C(OH)–C–C–N with tert-alkyl or cyclic N) is 1. The van der Waals surface area contributed by atoms with E-state index in [0.717, 1.165) is 54.7 Å². The second-order valence-corrected chi connectivity index (χ2v) is 9.45. The lowest BCUT2D eigenvalue weighted by atomic mass is 9.86. The van der Waals surface area contributed by atoms with Gasteiger partial charge in [0.1, 0.15) is 18.5 Å². The zero-order valence-electron chi connectivity index (χ0n) is 19.6. The minimum atomic E-state index is -0.482. The minimum Gasteiger partial charge on any atom is -0.491 e. The number of rotatable bonds is 7. The number of benzene rings is 1. The summed E-state index contributed by atoms with van der Waals surface area (Å²) in [6, 6.07) is 14.6. The standard InChI is InChI=1S/C28H32N4O2/c29-17-21-6-8-22(9-7-21)26-5-4-16-32-28(26)27(18-30-32)23-10-12-25(13-11-23)34-20-24(33)19-31-14-2-1-3-15-31/h4-5,8,10-13,16,18,21,24,33H,1-3,6-7,9,14-15,19-20H2. The van der Waals surface area contributed by atoms with E-state index < -0.39 is 6.10 Å². The predicted octanol–water partition coefficient (Wildman–Crippen LogP) is 4.93. The number of nitriles is 1. The monoisotopic (exact) mass is 456 g/mol. The molecule has 1 fully saturated rings. The molecule has 6 heteroatoms. The largest absolute Gasteiger partial charge is 0.491 e. The van der Waals surface area contributed by atoms with Gasteiger partial charge in [0, 0.05) is 23.9 Å². The number of allylic oxidation sites excluding steroid dienone is 2. The second-order valence-electron chi connectivity index (χ2n) is 9.45. The van der Waals surface area contributed by atoms with Crippen molar-refractivity contribution in [1.82, 2.24) is 14.5 Å². The molecule has 176 valence electrons. The summed E-state index contributed by atoms with van der Waals surface area (Å²) in [7, 11) is 0. The number of piperidine rings is 1. The molecule has 1 N–H and O–H groups in total. The van der Waals surface area contributed by atoms with Crippen LogP contribution in [0.4, 0.5) is 0 Å². The third-order valence-corrected chi connectivity index (χ3v) is 7.01. The smallest absolute Gasteiger partial charge is 0.119 e. The average molecular weight is 457 g/mol. The fraction of sp³-hybridized carbons (Fsp3) is 0.429. The molecule has 1 aromatic carbocycles. The SMILES string of the molecule is N#CC1CC=C(c2cccn3ncc(-c4ccc(OCC(O)CN5CCCCC5)cc4)c23)CC1. The topological polar surface area (TPSA) is 73.8 Å². The van der Waals surface area contributed by atoms with E-state index >= 15 is 0 Å². The van der Waals surface area contributed by atoms with E-state index in [1.54, 1.807) is 0 Å². The van der Waals surface area contributed by atoms with Crippen molar-refractivity contribution in [3.8, 4) is 22.9 Å². The molecule has 0 amide bonds. The van der Waals surface area contributed by atoms with Crippen molar-refractivity contribution in [3.63, 3.8) is 0 Å². The summed E-state index contributed by atoms with van der Waals surface area (Å²) < 4.78 is 7.81. The van der Waals surface area contributed by atoms with Gasteiger partial charge in [-0.3, -0.25) is 0 Å². The Kier molecular flexibility index (Phi) is 6.94. The summed E-state index contributed by atoms with van der Waals surface area (Å²) in [5.74, 6) is 0.884. The van der Waals surface area contributed by atoms with Crippen LogP contribution in [0.3, 0.4) is 0 Å². The summed E-state index contributed by atoms with van der Waals surface area (Å²) in [5.41, 5.74) is 5.73. The first-order chi connectivity index (χ1) is 16.7. The van der Waals surface area contributed by atoms with Gasteiger partial charge in [-0.1, -0.05) is 30.7 Å². The fourth-order valence-corrected chi connectivity index (χ4v) is 5.13. The maximum atomic E-state index is 10.4. The average Bonchev–Trinajstić information content (AvgIpc) is 3.33. The van der Waals surface area contributed by atoms with E-state index in [-0.39, 0.29) is 5.92 Å². The molecule has 2 atom stereocenters. The zero-order valence-corrected chi connectivity index (χ0v) is 19.6. The number of ether oxygens (including phenoxy) is 1. The molecule has 0 radical (unpaired) electrons. The van der Waals surface area contributed by atoms with Crippen LogP contribution in [0, 0.1) is 17.2 Å². The summed E-state index contributed by atoms with van der Waals surface area (Å²) in [6.07, 6.45) is 12.0. The number of hydrogen-bond acceptors (Lipinski definition) is 5. The van der Waals surface area contributed by atoms with Crippen molar-refractivity contribution in [2.24, 2.45) is 5.92 Å². The Hall–Kier alpha value is -3.14. The first-order valence-electron chi connectivity index (χ1n) is 12.4. The van der Waals surface area contributed by atoms with Gasteiger partial charge in [-0.2, -0.15) is 10.4 Å². The van der Waals surface area contributed by atoms with Crippen LogP contribution in [0.5, 0.6) is 5.75 Å². The molecule has 2 unspecified atom stereocenters. The van der Waals surface area contributed by atoms with Crippen LogP contribution in [0.1, 0.15) is 44.1 Å². The molecule has 3 heterocycles. The van der Waals surface area contributed by atoms with E-state index in [0.29, 0.717) is 13.2 Å². The van der Waals surface area contributed by atoms with Crippen LogP contribution in [0.25, 0.3) is 22.2 Å². The van der Waals surface area contributed by atoms with Gasteiger partial charge in [0.05, 0.1) is 23.7 Å². The molecular formula is C28H32N4O2. The van der Waals surface area contributed by atoms with Crippen LogP contribution < -0.4 is 4.74 Å². The molecule has 34 heavy (non-hydrogen) atoms. The Labute approximate surface area is 201 Å². The number of pyridine rings is 1. The van der Waals surface area contributed by atoms with Gasteiger partial charge >= 0.3 is 0 Å². The molecule has 1 saturated heterocycles. The van der Waals surface area contributed by atoms with Crippen molar-refractivity contribution in [1.29, 1.82) is 5.26 Å². The molecule has 6 nitrogen and oxygen atoms in total. The maximum Gasteiger partial charge on any atom is 0.119 e. The van der Waals surface area contributed by atoms with E-state index in [9.17, 15) is 10.4 Å². The van der Waals surface area contributed by atoms with Gasteiger partial charge in [0.25, 0.3) is 0 Å². The molecular weight excluding hydrogens is 424 g/mol. The predicted molar refractivity (Wildman–Crippen MR) is 133 cm³/mol. The summed E-state index contributed by atoms with van der Waals surface area (Å²) in [4.78, 5) is 2.33. The van der Waals surface area contributed by atoms with Crippen molar-refractivity contribution < 1.29 is 9.84 Å². The minimum absolute atomic E-state index is 0.124. The normalized spacial score (nSPS) is 20.0. The number of nitrogens with zero attached hydrogens (tertiary/aromatic N) is 4. The highest BCUT2D eigenvalue weighted by molar-refractivity contribution is 5.90. The lowest BCUT2D eigenvalue weighted by Gasteiger charge is -2.28. The molecule has 0 spiro atoms. The third kappa shape index (κ3) is 5.01. The number of aliphatic hydroxyl groups excluding tert-OH is 1. The third-order valence-electron chi connectivity index (χ3n) is 7.01. The van der Waals surface area contributed by atoms with Gasteiger partial charge in [-0.05, 0) is 74.5 Å². The number of likely N-dealkylation sites (tertiary alicyclic amines) is 1. The van der Waals surface area contributed by atoms with Crippen molar-refractivity contribution in [3.05, 3.63) is 60.4 Å². The van der Waals surface area contributed by atoms with Crippen molar-refractivity contribution >= 4 is 11.1 Å². The number of hydrogen-bond donors (Lipinski definition) is 1. The van der Waals surface area contributed by atoms with Crippen molar-refractivity contribution in [2.75, 3.05) is 26.2 Å². The van der Waals surface area contributed by atoms with E-state index in [1.165, 1.54) is 30.4 Å². The van der Waals surface area contributed by atoms with Gasteiger partial charge in [0.2, 0.25) is 0 Å². The molecule has 0 bridgehead atoms. The number of aliphatic hydroxyl groups is 1. The van der Waals surface area contributed by atoms with E-state index in [1.807, 2.05) is 35.1 Å². The van der Waals surface area contributed by atoms with Gasteiger partial charge in [-0.25, -0.2) is 4.52 Å². The summed E-state index contributed by atoms with van der Waals surface area (Å²) >= 11 is 0. The first-order valence-corrected chi connectivity index (χ1v) is 12.4. The van der Waals surface area contributed by atoms with Crippen LogP contribution in [0.15, 0.2) is 54.9 Å². The first kappa shape index (κ1) is 22.6. The van der Waals surface area contributed by atoms with Crippen LogP contribution in [-0.4, -0.2) is 52.0 Å². The van der Waals surface area contributed by atoms with Crippen LogP contribution >= 0.6 is 0 Å². The Balaban J connectivity index is 1.30. The van der Waals surface area contributed by atoms with Crippen LogP contribution in [0.2, 0.25) is 0 Å². The highest BCUT2D eigenvalue weighted by atomic mass is 16.5. The van der Waals surface area contributed by atoms with E-state index in [4.69, 9.17) is 4.74 Å². The molecule has 3 aromatic rings. The van der Waals surface area contributed by atoms with E-state index in [2.05, 4.69) is 40.3 Å². The Morgan fingerprint density at radius 3 is 2.68 bits per heavy atom. The molecule has 1 aliphatic heterocycles. The molecule has 2 aromatic heterocycles. The molecule has 5 rings (SSSR count). The second kappa shape index (κ2) is 10.4. The van der Waals surface area contributed by atoms with Crippen molar-refractivity contribution in [2.45, 2.75) is 44.6 Å². The highest BCUT2D eigenvalue weighted by Crippen LogP contribution is 2.36. The number of fused-ring (bicyclic) bond motifs is 1. The lowest BCUT2D eigenvalue weighted by molar-refractivity contribution is 0.0617. The van der Waals surface area contributed by atoms with Crippen LogP contribution in [-0.2, 0) is 0 Å². The Morgan fingerprint density at radius 2 is 1.94 bits per heavy atom. The maximum absolute atomic E-state index is 10.4. The van der Waals surface area contributed by atoms with Gasteiger partial charge in [0.15, 0.2) is 0 Å². The zero-order chi connectivity index (χ0) is 23.3. The van der Waals surface area contributed by atoms with Gasteiger partial charge < -0.3 is 14.7 Å². The fourth-order valence-electron chi connectivity index (χ4n) is 5.13. The number of aromatic nitrogens is 2. The summed E-state index contributed by atoms with van der Waals surface area (Å²) in [5, 5.41) is 24.2. The quantitative estimate of drug-likeness (QED) is 0.545. The molecule has 1 aliphatic carbocycles. The molecule has 0 saturated carbocycles. The molecule has 2 aliphatic rings. The highest BCUT2D eigenvalue weighted by Gasteiger charge is 2.19. The lowest BCUT2D eigenvalue weighted by Crippen LogP contribution is -2.38. The van der Waals surface area contributed by atoms with Gasteiger partial charge in [-0.15, -0.1) is 0 Å². The Bertz CT molecular complexity index is 1190. The Morgan fingerprint density at radius 1 is 1.12 bits per heavy atom. The summed E-state index contributed by atoms with van der Waals surface area (Å²) in [6.45, 7) is 3.12.